The van der Waals surface area contributed by atoms with Gasteiger partial charge < -0.3 is 14.8 Å². The van der Waals surface area contributed by atoms with Gasteiger partial charge in [0.15, 0.2) is 5.78 Å². The minimum absolute atomic E-state index is 0.0272. The van der Waals surface area contributed by atoms with Crippen molar-refractivity contribution in [3.63, 3.8) is 0 Å². The average Bonchev–Trinajstić information content (AvgIpc) is 2.49. The van der Waals surface area contributed by atoms with E-state index in [2.05, 4.69) is 5.32 Å². The van der Waals surface area contributed by atoms with Gasteiger partial charge in [-0.1, -0.05) is 18.2 Å². The Bertz CT molecular complexity index is 593. The number of anilines is 1. The van der Waals surface area contributed by atoms with Crippen molar-refractivity contribution in [2.75, 3.05) is 19.0 Å². The maximum absolute atomic E-state index is 10.8. The highest BCUT2D eigenvalue weighted by Gasteiger charge is 2.00. The van der Waals surface area contributed by atoms with Crippen LogP contribution >= 0.6 is 0 Å². The molecule has 21 heavy (non-hydrogen) atoms. The van der Waals surface area contributed by atoms with Crippen molar-refractivity contribution in [2.24, 2.45) is 0 Å². The SMILES string of the molecule is CNc1cccc(Oc2ccc(COCC(C)=O)cc2)c1. The quantitative estimate of drug-likeness (QED) is 0.844. The van der Waals surface area contributed by atoms with Crippen molar-refractivity contribution < 1.29 is 14.3 Å². The highest BCUT2D eigenvalue weighted by atomic mass is 16.5. The van der Waals surface area contributed by atoms with E-state index in [1.165, 1.54) is 6.92 Å². The molecule has 1 N–H and O–H groups in total. The summed E-state index contributed by atoms with van der Waals surface area (Å²) in [7, 11) is 1.87. The number of hydrogen-bond acceptors (Lipinski definition) is 4. The van der Waals surface area contributed by atoms with Crippen LogP contribution in [0.2, 0.25) is 0 Å². The first-order valence-electron chi connectivity index (χ1n) is 6.79. The Morgan fingerprint density at radius 3 is 2.52 bits per heavy atom. The van der Waals surface area contributed by atoms with Gasteiger partial charge in [-0.3, -0.25) is 4.79 Å². The van der Waals surface area contributed by atoms with Crippen LogP contribution in [-0.2, 0) is 16.1 Å². The highest BCUT2D eigenvalue weighted by Crippen LogP contribution is 2.24. The van der Waals surface area contributed by atoms with Gasteiger partial charge in [-0.2, -0.15) is 0 Å². The lowest BCUT2D eigenvalue weighted by Crippen LogP contribution is -2.03. The summed E-state index contributed by atoms with van der Waals surface area (Å²) >= 11 is 0. The smallest absolute Gasteiger partial charge is 0.155 e. The number of hydrogen-bond donors (Lipinski definition) is 1. The van der Waals surface area contributed by atoms with Gasteiger partial charge in [0.05, 0.1) is 6.61 Å². The molecule has 0 amide bonds. The lowest BCUT2D eigenvalue weighted by molar-refractivity contribution is -0.121. The van der Waals surface area contributed by atoms with Crippen molar-refractivity contribution in [2.45, 2.75) is 13.5 Å². The van der Waals surface area contributed by atoms with E-state index in [1.807, 2.05) is 55.6 Å². The number of rotatable bonds is 7. The number of Topliss-reactive ketones (excluding diaryl/α,β-unsaturated/α-hetero) is 1. The van der Waals surface area contributed by atoms with E-state index < -0.39 is 0 Å². The predicted octanol–water partition coefficient (Wildman–Crippen LogP) is 3.63. The van der Waals surface area contributed by atoms with E-state index in [-0.39, 0.29) is 12.4 Å². The second kappa shape index (κ2) is 7.45. The molecule has 2 aromatic carbocycles. The molecule has 0 aliphatic heterocycles. The largest absolute Gasteiger partial charge is 0.457 e. The van der Waals surface area contributed by atoms with E-state index in [0.29, 0.717) is 6.61 Å². The van der Waals surface area contributed by atoms with Crippen LogP contribution in [0.25, 0.3) is 0 Å². The molecule has 4 heteroatoms. The summed E-state index contributed by atoms with van der Waals surface area (Å²) in [6.07, 6.45) is 0. The zero-order valence-corrected chi connectivity index (χ0v) is 12.3. The molecule has 0 spiro atoms. The molecule has 0 bridgehead atoms. The van der Waals surface area contributed by atoms with E-state index in [9.17, 15) is 4.79 Å². The molecule has 0 saturated carbocycles. The minimum Gasteiger partial charge on any atom is -0.457 e. The first-order valence-corrected chi connectivity index (χ1v) is 6.79. The first kappa shape index (κ1) is 15.1. The topological polar surface area (TPSA) is 47.6 Å². The molecule has 2 rings (SSSR count). The number of benzene rings is 2. The van der Waals surface area contributed by atoms with Crippen LogP contribution in [0.3, 0.4) is 0 Å². The van der Waals surface area contributed by atoms with Crippen molar-refractivity contribution in [1.29, 1.82) is 0 Å². The van der Waals surface area contributed by atoms with Crippen LogP contribution < -0.4 is 10.1 Å². The highest BCUT2D eigenvalue weighted by molar-refractivity contribution is 5.76. The summed E-state index contributed by atoms with van der Waals surface area (Å²) in [5.41, 5.74) is 2.01. The van der Waals surface area contributed by atoms with Crippen LogP contribution in [0.5, 0.6) is 11.5 Å². The van der Waals surface area contributed by atoms with E-state index in [0.717, 1.165) is 22.7 Å². The van der Waals surface area contributed by atoms with Crippen LogP contribution in [0, 0.1) is 0 Å². The van der Waals surface area contributed by atoms with Gasteiger partial charge in [-0.25, -0.2) is 0 Å². The Balaban J connectivity index is 1.93. The van der Waals surface area contributed by atoms with Crippen LogP contribution in [0.1, 0.15) is 12.5 Å². The molecule has 4 nitrogen and oxygen atoms in total. The second-order valence-corrected chi connectivity index (χ2v) is 4.72. The van der Waals surface area contributed by atoms with Crippen molar-refractivity contribution in [3.05, 3.63) is 54.1 Å². The lowest BCUT2D eigenvalue weighted by atomic mass is 10.2. The minimum atomic E-state index is 0.0272. The molecule has 2 aromatic rings. The van der Waals surface area contributed by atoms with Crippen LogP contribution in [-0.4, -0.2) is 19.4 Å². The summed E-state index contributed by atoms with van der Waals surface area (Å²) < 4.78 is 11.1. The van der Waals surface area contributed by atoms with Gasteiger partial charge >= 0.3 is 0 Å². The van der Waals surface area contributed by atoms with Crippen molar-refractivity contribution in [3.8, 4) is 11.5 Å². The Labute approximate surface area is 124 Å². The molecule has 0 saturated heterocycles. The van der Waals surface area contributed by atoms with Gasteiger partial charge in [0, 0.05) is 18.8 Å². The molecule has 0 atom stereocenters. The van der Waals surface area contributed by atoms with Gasteiger partial charge in [-0.05, 0) is 36.8 Å². The van der Waals surface area contributed by atoms with E-state index in [1.54, 1.807) is 0 Å². The summed E-state index contributed by atoms with van der Waals surface area (Å²) in [6.45, 7) is 2.08. The lowest BCUT2D eigenvalue weighted by Gasteiger charge is -2.08. The molecule has 110 valence electrons. The van der Waals surface area contributed by atoms with Gasteiger partial charge in [-0.15, -0.1) is 0 Å². The third-order valence-electron chi connectivity index (χ3n) is 2.86. The van der Waals surface area contributed by atoms with Gasteiger partial charge in [0.25, 0.3) is 0 Å². The Morgan fingerprint density at radius 2 is 1.86 bits per heavy atom. The van der Waals surface area contributed by atoms with Crippen LogP contribution in [0.4, 0.5) is 5.69 Å². The first-order chi connectivity index (χ1) is 10.2. The van der Waals surface area contributed by atoms with Crippen LogP contribution in [0.15, 0.2) is 48.5 Å². The number of carbonyl (C=O) groups is 1. The maximum atomic E-state index is 10.8. The zero-order chi connectivity index (χ0) is 15.1. The van der Waals surface area contributed by atoms with Gasteiger partial charge in [0.2, 0.25) is 0 Å². The maximum Gasteiger partial charge on any atom is 0.155 e. The third-order valence-corrected chi connectivity index (χ3v) is 2.86. The summed E-state index contributed by atoms with van der Waals surface area (Å²) in [6, 6.07) is 15.4. The molecule has 0 aromatic heterocycles. The second-order valence-electron chi connectivity index (χ2n) is 4.72. The third kappa shape index (κ3) is 4.93. The number of carbonyl (C=O) groups excluding carboxylic acids is 1. The molecule has 0 radical (unpaired) electrons. The fraction of sp³-hybridized carbons (Fsp3) is 0.235. The number of ketones is 1. The zero-order valence-electron chi connectivity index (χ0n) is 12.3. The summed E-state index contributed by atoms with van der Waals surface area (Å²) in [4.78, 5) is 10.8. The fourth-order valence-electron chi connectivity index (χ4n) is 1.82. The Kier molecular flexibility index (Phi) is 5.35. The molecule has 0 aliphatic rings. The molecular formula is C17H19NO3. The summed E-state index contributed by atoms with van der Waals surface area (Å²) in [5, 5.41) is 3.07. The Morgan fingerprint density at radius 1 is 1.10 bits per heavy atom. The predicted molar refractivity (Wildman–Crippen MR) is 82.8 cm³/mol. The fourth-order valence-corrected chi connectivity index (χ4v) is 1.82. The normalized spacial score (nSPS) is 10.2. The van der Waals surface area contributed by atoms with E-state index >= 15 is 0 Å². The van der Waals surface area contributed by atoms with Crippen molar-refractivity contribution >= 4 is 11.5 Å². The monoisotopic (exact) mass is 285 g/mol. The van der Waals surface area contributed by atoms with E-state index in [4.69, 9.17) is 9.47 Å². The average molecular weight is 285 g/mol. The molecule has 0 fully saturated rings. The Hall–Kier alpha value is -2.33. The molecule has 0 unspecified atom stereocenters. The molecule has 0 heterocycles. The van der Waals surface area contributed by atoms with Crippen molar-refractivity contribution in [1.82, 2.24) is 0 Å². The molecule has 0 aliphatic carbocycles. The number of ether oxygens (including phenoxy) is 2. The standard InChI is InChI=1S/C17H19NO3/c1-13(19)11-20-12-14-6-8-16(9-7-14)21-17-5-3-4-15(10-17)18-2/h3-10,18H,11-12H2,1-2H3. The summed E-state index contributed by atoms with van der Waals surface area (Å²) in [5.74, 6) is 1.57. The number of nitrogens with one attached hydrogen (secondary N) is 1. The molecular weight excluding hydrogens is 266 g/mol. The van der Waals surface area contributed by atoms with Gasteiger partial charge in [0.1, 0.15) is 18.1 Å².